The third-order valence-corrected chi connectivity index (χ3v) is 3.21. The molecule has 2 unspecified atom stereocenters. The molecule has 4 rings (SSSR count). The molecule has 2 bridgehead atoms. The summed E-state index contributed by atoms with van der Waals surface area (Å²) in [5.41, 5.74) is 0. The summed E-state index contributed by atoms with van der Waals surface area (Å²) in [4.78, 5) is 6.51. The van der Waals surface area contributed by atoms with Crippen LogP contribution in [0.3, 0.4) is 0 Å². The monoisotopic (exact) mass is 194 g/mol. The van der Waals surface area contributed by atoms with Crippen LogP contribution in [0.25, 0.3) is 0 Å². The highest BCUT2D eigenvalue weighted by atomic mass is 16.5. The molecule has 0 saturated carbocycles. The Morgan fingerprint density at radius 3 is 3.14 bits per heavy atom. The van der Waals surface area contributed by atoms with Gasteiger partial charge in [0.05, 0.1) is 6.54 Å². The van der Waals surface area contributed by atoms with Crippen LogP contribution in [-0.4, -0.2) is 40.2 Å². The first-order valence-electron chi connectivity index (χ1n) is 5.14. The fourth-order valence-corrected chi connectivity index (χ4v) is 2.44. The van der Waals surface area contributed by atoms with Gasteiger partial charge in [0.25, 0.3) is 0 Å². The van der Waals surface area contributed by atoms with Crippen molar-refractivity contribution in [1.82, 2.24) is 20.4 Å². The first kappa shape index (κ1) is 8.38. The molecule has 0 radical (unpaired) electrons. The molecule has 1 aromatic rings. The molecule has 3 aliphatic rings. The maximum absolute atomic E-state index is 4.73. The number of piperidine rings is 2. The van der Waals surface area contributed by atoms with E-state index in [0.717, 1.165) is 25.5 Å². The van der Waals surface area contributed by atoms with E-state index < -0.39 is 0 Å². The van der Waals surface area contributed by atoms with Gasteiger partial charge in [-0.25, -0.2) is 0 Å². The van der Waals surface area contributed by atoms with Crippen LogP contribution >= 0.6 is 0 Å². The maximum Gasteiger partial charge on any atom is 0.213 e. The van der Waals surface area contributed by atoms with Crippen molar-refractivity contribution < 1.29 is 4.52 Å². The Balaban J connectivity index is 1.68. The largest absolute Gasteiger partial charge is 0.343 e. The van der Waals surface area contributed by atoms with Crippen LogP contribution in [0.2, 0.25) is 0 Å². The quantitative estimate of drug-likeness (QED) is 0.718. The van der Waals surface area contributed by atoms with Crippen LogP contribution in [0.15, 0.2) is 10.9 Å². The molecule has 0 aromatic carbocycles. The normalized spacial score (nSPS) is 32.3. The first-order chi connectivity index (χ1) is 6.92. The van der Waals surface area contributed by atoms with Crippen molar-refractivity contribution in [2.75, 3.05) is 13.1 Å². The van der Waals surface area contributed by atoms with Crippen LogP contribution in [0.4, 0.5) is 0 Å². The van der Waals surface area contributed by atoms with Gasteiger partial charge in [0.2, 0.25) is 6.39 Å². The van der Waals surface area contributed by atoms with Gasteiger partial charge in [-0.1, -0.05) is 5.16 Å². The summed E-state index contributed by atoms with van der Waals surface area (Å²) in [5.74, 6) is 0.803. The zero-order valence-electron chi connectivity index (χ0n) is 8.02. The summed E-state index contributed by atoms with van der Waals surface area (Å²) < 4.78 is 4.73. The van der Waals surface area contributed by atoms with Gasteiger partial charge in [0, 0.05) is 25.2 Å². The highest BCUT2D eigenvalue weighted by molar-refractivity contribution is 4.94. The van der Waals surface area contributed by atoms with Gasteiger partial charge in [-0.3, -0.25) is 4.90 Å². The number of piperazine rings is 1. The van der Waals surface area contributed by atoms with E-state index in [1.807, 2.05) is 0 Å². The van der Waals surface area contributed by atoms with Crippen molar-refractivity contribution in [2.24, 2.45) is 0 Å². The van der Waals surface area contributed by atoms with Crippen LogP contribution in [0.5, 0.6) is 0 Å². The lowest BCUT2D eigenvalue weighted by molar-refractivity contribution is 0.0656. The molecule has 5 heteroatoms. The minimum absolute atomic E-state index is 0.665. The Hall–Kier alpha value is -0.940. The smallest absolute Gasteiger partial charge is 0.213 e. The van der Waals surface area contributed by atoms with Gasteiger partial charge in [-0.05, 0) is 12.8 Å². The average molecular weight is 194 g/mol. The number of hydrogen-bond donors (Lipinski definition) is 1. The van der Waals surface area contributed by atoms with Crippen molar-refractivity contribution in [2.45, 2.75) is 31.5 Å². The third-order valence-electron chi connectivity index (χ3n) is 3.21. The molecule has 3 fully saturated rings. The van der Waals surface area contributed by atoms with Crippen LogP contribution in [-0.2, 0) is 6.54 Å². The molecule has 0 amide bonds. The molecule has 5 nitrogen and oxygen atoms in total. The van der Waals surface area contributed by atoms with Crippen molar-refractivity contribution in [1.29, 1.82) is 0 Å². The van der Waals surface area contributed by atoms with E-state index in [1.54, 1.807) is 0 Å². The minimum Gasteiger partial charge on any atom is -0.343 e. The molecular weight excluding hydrogens is 180 g/mol. The third kappa shape index (κ3) is 1.42. The summed E-state index contributed by atoms with van der Waals surface area (Å²) in [6.45, 7) is 3.07. The van der Waals surface area contributed by atoms with Gasteiger partial charge < -0.3 is 9.84 Å². The highest BCUT2D eigenvalue weighted by Gasteiger charge is 2.33. The minimum atomic E-state index is 0.665. The van der Waals surface area contributed by atoms with Crippen molar-refractivity contribution >= 4 is 0 Å². The molecular formula is C9H14N4O. The van der Waals surface area contributed by atoms with Crippen molar-refractivity contribution in [3.63, 3.8) is 0 Å². The van der Waals surface area contributed by atoms with E-state index in [4.69, 9.17) is 4.52 Å². The zero-order valence-corrected chi connectivity index (χ0v) is 8.02. The average Bonchev–Trinajstić information content (AvgIpc) is 2.72. The topological polar surface area (TPSA) is 54.2 Å². The maximum atomic E-state index is 4.73. The molecule has 4 heterocycles. The lowest BCUT2D eigenvalue weighted by Crippen LogP contribution is -2.60. The zero-order chi connectivity index (χ0) is 9.38. The second-order valence-electron chi connectivity index (χ2n) is 4.11. The lowest BCUT2D eigenvalue weighted by atomic mass is 9.93. The molecule has 14 heavy (non-hydrogen) atoms. The number of hydrogen-bond acceptors (Lipinski definition) is 5. The summed E-state index contributed by atoms with van der Waals surface area (Å²) in [7, 11) is 0. The standard InChI is InChI=1S/C9H14N4O/c1-2-8-3-10-7(1)4-13(8)5-9-11-6-14-12-9/h6-8,10H,1-5H2. The van der Waals surface area contributed by atoms with Gasteiger partial charge in [0.1, 0.15) is 0 Å². The Morgan fingerprint density at radius 1 is 1.57 bits per heavy atom. The number of rotatable bonds is 2. The fourth-order valence-electron chi connectivity index (χ4n) is 2.44. The molecule has 2 atom stereocenters. The molecule has 0 aliphatic carbocycles. The second kappa shape index (κ2) is 3.33. The molecule has 1 aromatic heterocycles. The molecule has 1 N–H and O–H groups in total. The number of nitrogens with zero attached hydrogens (tertiary/aromatic N) is 3. The predicted molar refractivity (Wildman–Crippen MR) is 49.5 cm³/mol. The summed E-state index contributed by atoms with van der Waals surface area (Å²) in [6, 6.07) is 1.34. The highest BCUT2D eigenvalue weighted by Crippen LogP contribution is 2.23. The lowest BCUT2D eigenvalue weighted by Gasteiger charge is -2.45. The fraction of sp³-hybridized carbons (Fsp3) is 0.778. The number of aromatic nitrogens is 2. The van der Waals surface area contributed by atoms with Gasteiger partial charge in [-0.15, -0.1) is 0 Å². The number of nitrogens with one attached hydrogen (secondary N) is 1. The van der Waals surface area contributed by atoms with Crippen LogP contribution in [0.1, 0.15) is 18.7 Å². The Labute approximate surface area is 82.5 Å². The van der Waals surface area contributed by atoms with Crippen molar-refractivity contribution in [3.05, 3.63) is 12.2 Å². The first-order valence-corrected chi connectivity index (χ1v) is 5.14. The molecule has 76 valence electrons. The summed E-state index contributed by atoms with van der Waals surface area (Å²) >= 11 is 0. The van der Waals surface area contributed by atoms with E-state index in [9.17, 15) is 0 Å². The predicted octanol–water partition coefficient (Wildman–Crippen LogP) is 0.00580. The summed E-state index contributed by atoms with van der Waals surface area (Å²) in [6.07, 6.45) is 4.01. The van der Waals surface area contributed by atoms with Crippen molar-refractivity contribution in [3.8, 4) is 0 Å². The SMILES string of the molecule is c1nc(CN2CC3CCC2CN3)no1. The summed E-state index contributed by atoms with van der Waals surface area (Å²) in [5, 5.41) is 7.37. The Kier molecular flexibility index (Phi) is 1.99. The van der Waals surface area contributed by atoms with Gasteiger partial charge >= 0.3 is 0 Å². The van der Waals surface area contributed by atoms with Gasteiger partial charge in [-0.2, -0.15) is 4.98 Å². The van der Waals surface area contributed by atoms with Crippen LogP contribution < -0.4 is 5.32 Å². The second-order valence-corrected chi connectivity index (χ2v) is 4.11. The Morgan fingerprint density at radius 2 is 2.57 bits per heavy atom. The van der Waals surface area contributed by atoms with Crippen LogP contribution in [0, 0.1) is 0 Å². The van der Waals surface area contributed by atoms with E-state index in [-0.39, 0.29) is 0 Å². The van der Waals surface area contributed by atoms with E-state index in [2.05, 4.69) is 20.4 Å². The van der Waals surface area contributed by atoms with E-state index in [0.29, 0.717) is 12.1 Å². The van der Waals surface area contributed by atoms with E-state index >= 15 is 0 Å². The molecule has 3 aliphatic heterocycles. The number of fused-ring (bicyclic) bond motifs is 3. The molecule has 3 saturated heterocycles. The van der Waals surface area contributed by atoms with E-state index in [1.165, 1.54) is 19.2 Å². The molecule has 0 spiro atoms. The van der Waals surface area contributed by atoms with Gasteiger partial charge in [0.15, 0.2) is 5.82 Å². The Bertz CT molecular complexity index is 292.